The average molecular weight is 643 g/mol. The lowest BCUT2D eigenvalue weighted by Crippen LogP contribution is -2.13. The maximum atomic E-state index is 14.8. The number of carbonyl (C=O) groups is 2. The molecule has 2 amide bonds. The van der Waals surface area contributed by atoms with Crippen LogP contribution in [0.5, 0.6) is 0 Å². The normalized spacial score (nSPS) is 11.0. The fourth-order valence-electron chi connectivity index (χ4n) is 5.32. The molecule has 0 aliphatic rings. The van der Waals surface area contributed by atoms with Crippen LogP contribution in [0.1, 0.15) is 51.8 Å². The molecular formula is C37H40F2N4O4. The van der Waals surface area contributed by atoms with E-state index in [4.69, 9.17) is 9.47 Å². The Labute approximate surface area is 274 Å². The Balaban J connectivity index is 1.40. The van der Waals surface area contributed by atoms with Crippen molar-refractivity contribution in [1.29, 1.82) is 0 Å². The van der Waals surface area contributed by atoms with E-state index >= 15 is 0 Å². The van der Waals surface area contributed by atoms with E-state index in [0.29, 0.717) is 42.0 Å². The van der Waals surface area contributed by atoms with Crippen LogP contribution in [-0.4, -0.2) is 32.6 Å². The SMILES string of the molecule is COC(=O)Nc1c(C)cc(NCc2ccc(F)c(CCCCc3cc(N=Cc4ccc(F)cc4)cc(C)c3NC(=O)OC)c2)cc1C. The number of rotatable bonds is 12. The van der Waals surface area contributed by atoms with Crippen molar-refractivity contribution in [3.05, 3.63) is 117 Å². The minimum atomic E-state index is -0.566. The van der Waals surface area contributed by atoms with Crippen molar-refractivity contribution in [2.75, 3.05) is 30.2 Å². The molecule has 0 bridgehead atoms. The van der Waals surface area contributed by atoms with Crippen molar-refractivity contribution in [3.63, 3.8) is 0 Å². The lowest BCUT2D eigenvalue weighted by atomic mass is 9.98. The largest absolute Gasteiger partial charge is 0.453 e. The molecule has 10 heteroatoms. The Kier molecular flexibility index (Phi) is 12.0. The highest BCUT2D eigenvalue weighted by Gasteiger charge is 2.13. The number of methoxy groups -OCH3 is 2. The number of amides is 2. The maximum Gasteiger partial charge on any atom is 0.411 e. The van der Waals surface area contributed by atoms with Gasteiger partial charge in [-0.25, -0.2) is 18.4 Å². The molecule has 0 radical (unpaired) electrons. The predicted molar refractivity (Wildman–Crippen MR) is 183 cm³/mol. The van der Waals surface area contributed by atoms with Crippen molar-refractivity contribution < 1.29 is 27.8 Å². The molecule has 4 rings (SSSR count). The molecule has 0 heterocycles. The summed E-state index contributed by atoms with van der Waals surface area (Å²) < 4.78 is 37.6. The fraction of sp³-hybridized carbons (Fsp3) is 0.270. The molecule has 246 valence electrons. The van der Waals surface area contributed by atoms with Gasteiger partial charge < -0.3 is 14.8 Å². The van der Waals surface area contributed by atoms with Gasteiger partial charge in [0.2, 0.25) is 0 Å². The highest BCUT2D eigenvalue weighted by molar-refractivity contribution is 5.88. The summed E-state index contributed by atoms with van der Waals surface area (Å²) in [6.45, 7) is 6.21. The van der Waals surface area contributed by atoms with Gasteiger partial charge in [-0.2, -0.15) is 0 Å². The van der Waals surface area contributed by atoms with Gasteiger partial charge in [-0.1, -0.05) is 24.3 Å². The summed E-state index contributed by atoms with van der Waals surface area (Å²) in [4.78, 5) is 28.3. The molecule has 0 aromatic heterocycles. The number of aliphatic imine (C=N–C) groups is 1. The van der Waals surface area contributed by atoms with E-state index in [1.165, 1.54) is 32.4 Å². The van der Waals surface area contributed by atoms with Crippen LogP contribution in [-0.2, 0) is 28.9 Å². The zero-order valence-electron chi connectivity index (χ0n) is 27.3. The number of carbonyl (C=O) groups excluding carboxylic acids is 2. The molecule has 4 aromatic rings. The molecule has 0 saturated carbocycles. The van der Waals surface area contributed by atoms with Crippen LogP contribution in [0.15, 0.2) is 71.7 Å². The van der Waals surface area contributed by atoms with E-state index in [0.717, 1.165) is 51.9 Å². The fourth-order valence-corrected chi connectivity index (χ4v) is 5.32. The highest BCUT2D eigenvalue weighted by atomic mass is 19.1. The van der Waals surface area contributed by atoms with Gasteiger partial charge in [-0.15, -0.1) is 0 Å². The monoisotopic (exact) mass is 642 g/mol. The van der Waals surface area contributed by atoms with Crippen molar-refractivity contribution in [2.24, 2.45) is 4.99 Å². The van der Waals surface area contributed by atoms with Crippen molar-refractivity contribution in [2.45, 2.75) is 53.0 Å². The van der Waals surface area contributed by atoms with Gasteiger partial charge in [0.15, 0.2) is 0 Å². The number of anilines is 3. The smallest absolute Gasteiger partial charge is 0.411 e. The topological polar surface area (TPSA) is 101 Å². The number of aryl methyl sites for hydroxylation is 5. The van der Waals surface area contributed by atoms with Crippen LogP contribution >= 0.6 is 0 Å². The van der Waals surface area contributed by atoms with Crippen LogP contribution in [0.4, 0.5) is 41.1 Å². The molecule has 47 heavy (non-hydrogen) atoms. The lowest BCUT2D eigenvalue weighted by Gasteiger charge is -2.15. The van der Waals surface area contributed by atoms with Gasteiger partial charge in [0.25, 0.3) is 0 Å². The zero-order chi connectivity index (χ0) is 33.9. The van der Waals surface area contributed by atoms with Gasteiger partial charge in [0.1, 0.15) is 11.6 Å². The minimum absolute atomic E-state index is 0.250. The number of nitrogens with one attached hydrogen (secondary N) is 3. The van der Waals surface area contributed by atoms with E-state index in [1.807, 2.05) is 51.1 Å². The summed E-state index contributed by atoms with van der Waals surface area (Å²) in [6.07, 6.45) is 3.22. The summed E-state index contributed by atoms with van der Waals surface area (Å²) in [5.74, 6) is -0.565. The number of halogens is 2. The standard InChI is InChI=1S/C37H40F2N4O4/c1-23-16-31(17-24(2)34(23)42-36(44)46-4)41-22-27-12-15-33(39)28(19-27)8-6-7-9-29-20-32(18-25(3)35(29)43-37(45)47-5)40-21-26-10-13-30(38)14-11-26/h10-21,41H,6-9,22H2,1-5H3,(H,42,44)(H,43,45). The number of unbranched alkanes of at least 4 members (excludes halogenated alkanes) is 1. The summed E-state index contributed by atoms with van der Waals surface area (Å²) in [6, 6.07) is 18.9. The van der Waals surface area contributed by atoms with Crippen LogP contribution in [0, 0.1) is 32.4 Å². The molecule has 8 nitrogen and oxygen atoms in total. The van der Waals surface area contributed by atoms with Gasteiger partial charge in [0.05, 0.1) is 25.6 Å². The summed E-state index contributed by atoms with van der Waals surface area (Å²) in [5, 5.41) is 8.95. The predicted octanol–water partition coefficient (Wildman–Crippen LogP) is 9.17. The van der Waals surface area contributed by atoms with Crippen molar-refractivity contribution >= 4 is 41.2 Å². The number of hydrogen-bond donors (Lipinski definition) is 3. The molecule has 0 saturated heterocycles. The number of nitrogens with zero attached hydrogens (tertiary/aromatic N) is 1. The van der Waals surface area contributed by atoms with Crippen LogP contribution in [0.25, 0.3) is 0 Å². The molecule has 0 aliphatic heterocycles. The Hall–Kier alpha value is -5.25. The second-order valence-corrected chi connectivity index (χ2v) is 11.3. The molecule has 0 atom stereocenters. The van der Waals surface area contributed by atoms with Gasteiger partial charge in [-0.05, 0) is 128 Å². The molecule has 0 fully saturated rings. The molecular weight excluding hydrogens is 602 g/mol. The van der Waals surface area contributed by atoms with E-state index in [1.54, 1.807) is 24.4 Å². The van der Waals surface area contributed by atoms with E-state index in [-0.39, 0.29) is 11.6 Å². The minimum Gasteiger partial charge on any atom is -0.453 e. The van der Waals surface area contributed by atoms with Crippen LogP contribution in [0.3, 0.4) is 0 Å². The molecule has 3 N–H and O–H groups in total. The summed E-state index contributed by atoms with van der Waals surface area (Å²) in [5.41, 5.74) is 8.79. The first-order valence-corrected chi connectivity index (χ1v) is 15.3. The molecule has 0 aliphatic carbocycles. The molecule has 0 spiro atoms. The van der Waals surface area contributed by atoms with Crippen molar-refractivity contribution in [1.82, 2.24) is 0 Å². The van der Waals surface area contributed by atoms with E-state index < -0.39 is 12.2 Å². The Bertz CT molecular complexity index is 1730. The first-order valence-electron chi connectivity index (χ1n) is 15.3. The maximum absolute atomic E-state index is 14.8. The number of hydrogen-bond acceptors (Lipinski definition) is 6. The molecule has 4 aromatic carbocycles. The van der Waals surface area contributed by atoms with Gasteiger partial charge in [-0.3, -0.25) is 15.6 Å². The summed E-state index contributed by atoms with van der Waals surface area (Å²) >= 11 is 0. The van der Waals surface area contributed by atoms with E-state index in [9.17, 15) is 18.4 Å². The quantitative estimate of drug-likeness (QED) is 0.106. The van der Waals surface area contributed by atoms with Crippen LogP contribution in [0.2, 0.25) is 0 Å². The Morgan fingerprint density at radius 3 is 1.98 bits per heavy atom. The third kappa shape index (κ3) is 9.87. The zero-order valence-corrected chi connectivity index (χ0v) is 27.3. The number of benzene rings is 4. The van der Waals surface area contributed by atoms with Gasteiger partial charge >= 0.3 is 12.2 Å². The third-order valence-electron chi connectivity index (χ3n) is 7.74. The third-order valence-corrected chi connectivity index (χ3v) is 7.74. The van der Waals surface area contributed by atoms with Gasteiger partial charge in [0, 0.05) is 24.1 Å². The summed E-state index contributed by atoms with van der Waals surface area (Å²) in [7, 11) is 2.63. The number of ether oxygens (including phenoxy) is 2. The van der Waals surface area contributed by atoms with E-state index in [2.05, 4.69) is 20.9 Å². The average Bonchev–Trinajstić information content (AvgIpc) is 3.05. The lowest BCUT2D eigenvalue weighted by molar-refractivity contribution is 0.186. The molecule has 0 unspecified atom stereocenters. The second kappa shape index (κ2) is 16.4. The van der Waals surface area contributed by atoms with Crippen LogP contribution < -0.4 is 16.0 Å². The Morgan fingerprint density at radius 1 is 0.745 bits per heavy atom. The highest BCUT2D eigenvalue weighted by Crippen LogP contribution is 2.30. The van der Waals surface area contributed by atoms with Crippen molar-refractivity contribution in [3.8, 4) is 0 Å². The first kappa shape index (κ1) is 34.6. The Morgan fingerprint density at radius 2 is 1.34 bits per heavy atom. The second-order valence-electron chi connectivity index (χ2n) is 11.3. The first-order chi connectivity index (χ1) is 22.6.